The highest BCUT2D eigenvalue weighted by molar-refractivity contribution is 5.75. The summed E-state index contributed by atoms with van der Waals surface area (Å²) in [6.07, 6.45) is 1.85. The summed E-state index contributed by atoms with van der Waals surface area (Å²) in [6, 6.07) is 6.16. The van der Waals surface area contributed by atoms with Crippen LogP contribution in [-0.2, 0) is 6.54 Å². The van der Waals surface area contributed by atoms with Crippen molar-refractivity contribution in [2.75, 3.05) is 6.54 Å². The van der Waals surface area contributed by atoms with Crippen molar-refractivity contribution < 1.29 is 9.72 Å². The predicted molar refractivity (Wildman–Crippen MR) is 92.1 cm³/mol. The number of aromatic amines is 1. The number of nitrogens with one attached hydrogen (secondary N) is 2. The zero-order valence-corrected chi connectivity index (χ0v) is 14.3. The van der Waals surface area contributed by atoms with E-state index in [9.17, 15) is 14.9 Å². The molecule has 8 nitrogen and oxygen atoms in total. The van der Waals surface area contributed by atoms with Gasteiger partial charge in [-0.1, -0.05) is 12.1 Å². The molecule has 0 radical (unpaired) electrons. The lowest BCUT2D eigenvalue weighted by atomic mass is 10.0. The van der Waals surface area contributed by atoms with Gasteiger partial charge in [0.05, 0.1) is 16.7 Å². The van der Waals surface area contributed by atoms with E-state index >= 15 is 0 Å². The maximum absolute atomic E-state index is 12.6. The first-order valence-corrected chi connectivity index (χ1v) is 8.26. The molecule has 2 N–H and O–H groups in total. The molecular formula is C17H21N5O3. The second-order valence-electron chi connectivity index (χ2n) is 6.28. The van der Waals surface area contributed by atoms with Crippen LogP contribution in [0.1, 0.15) is 41.4 Å². The smallest absolute Gasteiger partial charge is 0.318 e. The van der Waals surface area contributed by atoms with Crippen molar-refractivity contribution in [1.82, 2.24) is 20.4 Å². The fourth-order valence-corrected chi connectivity index (χ4v) is 3.42. The van der Waals surface area contributed by atoms with E-state index in [1.807, 2.05) is 18.7 Å². The minimum Gasteiger partial charge on any atom is -0.334 e. The van der Waals surface area contributed by atoms with E-state index in [-0.39, 0.29) is 24.3 Å². The van der Waals surface area contributed by atoms with E-state index in [1.165, 1.54) is 12.1 Å². The number of carbonyl (C=O) groups excluding carboxylic acids is 1. The Balaban J connectivity index is 1.68. The number of aryl methyl sites for hydroxylation is 2. The Morgan fingerprint density at radius 1 is 1.48 bits per heavy atom. The topological polar surface area (TPSA) is 104 Å². The maximum Gasteiger partial charge on any atom is 0.318 e. The highest BCUT2D eigenvalue weighted by Gasteiger charge is 2.32. The fourth-order valence-electron chi connectivity index (χ4n) is 3.42. The largest absolute Gasteiger partial charge is 0.334 e. The number of H-pyrrole nitrogens is 1. The number of likely N-dealkylation sites (tertiary alicyclic amines) is 1. The minimum absolute atomic E-state index is 0.0175. The van der Waals surface area contributed by atoms with Crippen LogP contribution in [0.2, 0.25) is 0 Å². The molecule has 2 amide bonds. The number of nitro groups is 1. The number of rotatable bonds is 4. The molecule has 1 aliphatic heterocycles. The van der Waals surface area contributed by atoms with E-state index in [0.717, 1.165) is 29.8 Å². The summed E-state index contributed by atoms with van der Waals surface area (Å²) in [5, 5.41) is 20.9. The fraction of sp³-hybridized carbons (Fsp3) is 0.412. The molecule has 1 unspecified atom stereocenters. The van der Waals surface area contributed by atoms with Gasteiger partial charge in [-0.25, -0.2) is 4.79 Å². The van der Waals surface area contributed by atoms with Crippen LogP contribution in [0, 0.1) is 24.0 Å². The van der Waals surface area contributed by atoms with Crippen LogP contribution >= 0.6 is 0 Å². The Morgan fingerprint density at radius 2 is 2.28 bits per heavy atom. The first-order valence-electron chi connectivity index (χ1n) is 8.26. The molecule has 0 spiro atoms. The molecule has 2 heterocycles. The normalized spacial score (nSPS) is 16.9. The molecule has 1 saturated heterocycles. The molecule has 1 aromatic carbocycles. The van der Waals surface area contributed by atoms with E-state index < -0.39 is 4.92 Å². The summed E-state index contributed by atoms with van der Waals surface area (Å²) < 4.78 is 0. The van der Waals surface area contributed by atoms with Crippen LogP contribution in [0.15, 0.2) is 24.3 Å². The molecule has 8 heteroatoms. The van der Waals surface area contributed by atoms with E-state index in [0.29, 0.717) is 12.1 Å². The van der Waals surface area contributed by atoms with Gasteiger partial charge in [-0.3, -0.25) is 15.2 Å². The Labute approximate surface area is 145 Å². The van der Waals surface area contributed by atoms with Gasteiger partial charge in [0.25, 0.3) is 5.69 Å². The molecule has 0 bridgehead atoms. The molecule has 25 heavy (non-hydrogen) atoms. The van der Waals surface area contributed by atoms with Crippen molar-refractivity contribution in [3.05, 3.63) is 56.9 Å². The number of benzene rings is 1. The molecule has 3 rings (SSSR count). The first kappa shape index (κ1) is 16.9. The van der Waals surface area contributed by atoms with Crippen molar-refractivity contribution in [1.29, 1.82) is 0 Å². The number of hydrogen-bond donors (Lipinski definition) is 2. The first-order chi connectivity index (χ1) is 12.0. The Morgan fingerprint density at radius 3 is 2.96 bits per heavy atom. The molecular weight excluding hydrogens is 322 g/mol. The van der Waals surface area contributed by atoms with Gasteiger partial charge in [0, 0.05) is 36.5 Å². The maximum atomic E-state index is 12.6. The zero-order valence-electron chi connectivity index (χ0n) is 14.3. The Kier molecular flexibility index (Phi) is 4.69. The summed E-state index contributed by atoms with van der Waals surface area (Å²) >= 11 is 0. The number of nitro benzene ring substituents is 1. The third-order valence-electron chi connectivity index (χ3n) is 4.60. The van der Waals surface area contributed by atoms with Gasteiger partial charge in [-0.15, -0.1) is 0 Å². The van der Waals surface area contributed by atoms with Crippen molar-refractivity contribution in [3.8, 4) is 0 Å². The molecule has 0 saturated carbocycles. The van der Waals surface area contributed by atoms with Gasteiger partial charge in [0.2, 0.25) is 0 Å². The molecule has 1 fully saturated rings. The lowest BCUT2D eigenvalue weighted by Gasteiger charge is -2.25. The highest BCUT2D eigenvalue weighted by Crippen LogP contribution is 2.34. The molecule has 1 aromatic heterocycles. The van der Waals surface area contributed by atoms with Gasteiger partial charge in [0.15, 0.2) is 0 Å². The lowest BCUT2D eigenvalue weighted by Crippen LogP contribution is -2.39. The van der Waals surface area contributed by atoms with Gasteiger partial charge in [-0.2, -0.15) is 5.10 Å². The number of amides is 2. The molecule has 0 aliphatic carbocycles. The number of nitrogens with zero attached hydrogens (tertiary/aromatic N) is 3. The van der Waals surface area contributed by atoms with Crippen LogP contribution in [0.25, 0.3) is 0 Å². The van der Waals surface area contributed by atoms with Crippen LogP contribution in [-0.4, -0.2) is 32.6 Å². The molecule has 1 aliphatic rings. The number of aromatic nitrogens is 2. The average molecular weight is 343 g/mol. The van der Waals surface area contributed by atoms with Crippen molar-refractivity contribution >= 4 is 11.7 Å². The monoisotopic (exact) mass is 343 g/mol. The van der Waals surface area contributed by atoms with Gasteiger partial charge >= 0.3 is 6.03 Å². The van der Waals surface area contributed by atoms with Crippen LogP contribution < -0.4 is 5.32 Å². The summed E-state index contributed by atoms with van der Waals surface area (Å²) in [7, 11) is 0. The van der Waals surface area contributed by atoms with E-state index in [1.54, 1.807) is 12.1 Å². The van der Waals surface area contributed by atoms with Crippen LogP contribution in [0.5, 0.6) is 0 Å². The second-order valence-corrected chi connectivity index (χ2v) is 6.28. The van der Waals surface area contributed by atoms with E-state index in [4.69, 9.17) is 0 Å². The number of hydrogen-bond acceptors (Lipinski definition) is 4. The highest BCUT2D eigenvalue weighted by atomic mass is 16.6. The quantitative estimate of drug-likeness (QED) is 0.658. The third-order valence-corrected chi connectivity index (χ3v) is 4.60. The van der Waals surface area contributed by atoms with E-state index in [2.05, 4.69) is 15.5 Å². The van der Waals surface area contributed by atoms with Crippen LogP contribution in [0.3, 0.4) is 0 Å². The van der Waals surface area contributed by atoms with Gasteiger partial charge in [0.1, 0.15) is 0 Å². The lowest BCUT2D eigenvalue weighted by molar-refractivity contribution is -0.384. The number of carbonyl (C=O) groups is 1. The third kappa shape index (κ3) is 3.47. The van der Waals surface area contributed by atoms with Crippen LogP contribution in [0.4, 0.5) is 10.5 Å². The standard InChI is InChI=1S/C17H21N5O3/c1-11-16(12(2)20-19-11)15-7-4-8-21(15)17(23)18-10-13-5-3-6-14(9-13)22(24)25/h3,5-6,9,15H,4,7-8,10H2,1-2H3,(H,18,23)(H,19,20). The average Bonchev–Trinajstić information content (AvgIpc) is 3.19. The predicted octanol–water partition coefficient (Wildman–Crippen LogP) is 2.98. The SMILES string of the molecule is Cc1n[nH]c(C)c1C1CCCN1C(=O)NCc1cccc([N+](=O)[O-])c1. The number of non-ortho nitro benzene ring substituents is 1. The van der Waals surface area contributed by atoms with Gasteiger partial charge < -0.3 is 10.2 Å². The summed E-state index contributed by atoms with van der Waals surface area (Å²) in [5.41, 5.74) is 3.72. The summed E-state index contributed by atoms with van der Waals surface area (Å²) in [5.74, 6) is 0. The zero-order chi connectivity index (χ0) is 18.0. The minimum atomic E-state index is -0.438. The Bertz CT molecular complexity index is 782. The summed E-state index contributed by atoms with van der Waals surface area (Å²) in [6.45, 7) is 4.85. The molecule has 132 valence electrons. The van der Waals surface area contributed by atoms with Gasteiger partial charge in [-0.05, 0) is 32.3 Å². The van der Waals surface area contributed by atoms with Crippen molar-refractivity contribution in [2.24, 2.45) is 0 Å². The second kappa shape index (κ2) is 6.92. The van der Waals surface area contributed by atoms with Crippen molar-refractivity contribution in [3.63, 3.8) is 0 Å². The molecule has 1 atom stereocenters. The number of urea groups is 1. The van der Waals surface area contributed by atoms with Crippen molar-refractivity contribution in [2.45, 2.75) is 39.3 Å². The molecule has 2 aromatic rings. The summed E-state index contributed by atoms with van der Waals surface area (Å²) in [4.78, 5) is 24.8. The Hall–Kier alpha value is -2.90.